The maximum absolute atomic E-state index is 13.3. The van der Waals surface area contributed by atoms with Crippen LogP contribution in [0.3, 0.4) is 0 Å². The van der Waals surface area contributed by atoms with Crippen molar-refractivity contribution in [2.24, 2.45) is 0 Å². The van der Waals surface area contributed by atoms with Crippen molar-refractivity contribution in [2.75, 3.05) is 49.6 Å². The largest absolute Gasteiger partial charge is 0.378 e. The lowest BCUT2D eigenvalue weighted by Gasteiger charge is -2.33. The van der Waals surface area contributed by atoms with Gasteiger partial charge in [-0.2, -0.15) is 0 Å². The molecular formula is C32H36N8O3. The van der Waals surface area contributed by atoms with Gasteiger partial charge in [0.1, 0.15) is 23.5 Å². The third-order valence-electron chi connectivity index (χ3n) is 8.13. The van der Waals surface area contributed by atoms with Crippen molar-refractivity contribution in [3.8, 4) is 11.3 Å². The van der Waals surface area contributed by atoms with Crippen LogP contribution >= 0.6 is 0 Å². The van der Waals surface area contributed by atoms with E-state index in [1.165, 1.54) is 6.08 Å². The van der Waals surface area contributed by atoms with E-state index in [2.05, 4.69) is 53.0 Å². The number of ether oxygens (including phenoxy) is 1. The Balaban J connectivity index is 1.12. The Kier molecular flexibility index (Phi) is 8.43. The van der Waals surface area contributed by atoms with E-state index in [4.69, 9.17) is 4.74 Å². The van der Waals surface area contributed by atoms with Crippen LogP contribution < -0.4 is 15.5 Å². The molecule has 222 valence electrons. The molecule has 2 fully saturated rings. The summed E-state index contributed by atoms with van der Waals surface area (Å²) >= 11 is 0. The van der Waals surface area contributed by atoms with Crippen LogP contribution in [0.25, 0.3) is 22.3 Å². The summed E-state index contributed by atoms with van der Waals surface area (Å²) in [5, 5.41) is 6.98. The number of H-pyrrole nitrogens is 1. The van der Waals surface area contributed by atoms with E-state index < -0.39 is 0 Å². The Morgan fingerprint density at radius 3 is 2.72 bits per heavy atom. The number of rotatable bonds is 8. The fourth-order valence-electron chi connectivity index (χ4n) is 5.83. The zero-order chi connectivity index (χ0) is 29.8. The molecule has 0 radical (unpaired) electrons. The molecule has 2 aliphatic rings. The average molecular weight is 581 g/mol. The number of benzene rings is 1. The van der Waals surface area contributed by atoms with E-state index in [1.54, 1.807) is 12.5 Å². The lowest BCUT2D eigenvalue weighted by molar-refractivity contribution is -0.117. The van der Waals surface area contributed by atoms with Crippen LogP contribution in [0, 0.1) is 6.92 Å². The molecule has 0 spiro atoms. The molecule has 0 saturated carbocycles. The molecule has 0 aliphatic carbocycles. The first-order valence-electron chi connectivity index (χ1n) is 14.7. The van der Waals surface area contributed by atoms with E-state index in [0.29, 0.717) is 31.1 Å². The number of aromatic nitrogens is 4. The molecular weight excluding hydrogens is 544 g/mol. The van der Waals surface area contributed by atoms with Gasteiger partial charge in [-0.3, -0.25) is 19.5 Å². The lowest BCUT2D eigenvalue weighted by Crippen LogP contribution is -2.47. The molecule has 2 aliphatic heterocycles. The topological polar surface area (TPSA) is 128 Å². The summed E-state index contributed by atoms with van der Waals surface area (Å²) in [6.45, 7) is 10.8. The smallest absolute Gasteiger partial charge is 0.274 e. The molecule has 5 heterocycles. The highest BCUT2D eigenvalue weighted by molar-refractivity contribution is 6.04. The van der Waals surface area contributed by atoms with Crippen molar-refractivity contribution in [3.63, 3.8) is 0 Å². The number of nitrogens with one attached hydrogen (secondary N) is 3. The number of morpholine rings is 1. The van der Waals surface area contributed by atoms with Gasteiger partial charge in [0.2, 0.25) is 5.91 Å². The number of carbonyl (C=O) groups excluding carboxylic acids is 2. The van der Waals surface area contributed by atoms with Crippen molar-refractivity contribution in [1.82, 2.24) is 30.2 Å². The van der Waals surface area contributed by atoms with Crippen molar-refractivity contribution >= 4 is 34.4 Å². The minimum atomic E-state index is -0.252. The Hall–Kier alpha value is -4.61. The number of aromatic amines is 1. The number of hydrogen-bond donors (Lipinski definition) is 3. The Labute approximate surface area is 250 Å². The third kappa shape index (κ3) is 6.42. The summed E-state index contributed by atoms with van der Waals surface area (Å²) in [7, 11) is 0. The Morgan fingerprint density at radius 1 is 1.12 bits per heavy atom. The fourth-order valence-corrected chi connectivity index (χ4v) is 5.83. The SMILES string of the molecule is C=CC(=O)NC1CCCN(Cc2ccnc(C(=O)Nc3ccc(-c4cc5c(N6CCOCC6)ncnc5[nH]4)cc3)c2C)C1. The highest BCUT2D eigenvalue weighted by atomic mass is 16.5. The van der Waals surface area contributed by atoms with Crippen LogP contribution in [0.15, 0.2) is 61.6 Å². The number of likely N-dealkylation sites (tertiary alicyclic amines) is 1. The van der Waals surface area contributed by atoms with Gasteiger partial charge >= 0.3 is 0 Å². The second kappa shape index (κ2) is 12.7. The zero-order valence-corrected chi connectivity index (χ0v) is 24.3. The molecule has 6 rings (SSSR count). The predicted molar refractivity (Wildman–Crippen MR) is 166 cm³/mol. The second-order valence-corrected chi connectivity index (χ2v) is 11.0. The number of nitrogens with zero attached hydrogens (tertiary/aromatic N) is 5. The minimum Gasteiger partial charge on any atom is -0.378 e. The number of hydrogen-bond acceptors (Lipinski definition) is 8. The molecule has 11 nitrogen and oxygen atoms in total. The summed E-state index contributed by atoms with van der Waals surface area (Å²) in [5.74, 6) is 0.509. The van der Waals surface area contributed by atoms with Crippen LogP contribution in [-0.4, -0.2) is 82.1 Å². The summed E-state index contributed by atoms with van der Waals surface area (Å²) < 4.78 is 5.49. The zero-order valence-electron chi connectivity index (χ0n) is 24.3. The third-order valence-corrected chi connectivity index (χ3v) is 8.13. The second-order valence-electron chi connectivity index (χ2n) is 11.0. The van der Waals surface area contributed by atoms with Gasteiger partial charge in [-0.25, -0.2) is 9.97 Å². The van der Waals surface area contributed by atoms with Crippen LogP contribution in [0.5, 0.6) is 0 Å². The van der Waals surface area contributed by atoms with Gasteiger partial charge < -0.3 is 25.3 Å². The monoisotopic (exact) mass is 580 g/mol. The highest BCUT2D eigenvalue weighted by Crippen LogP contribution is 2.30. The average Bonchev–Trinajstić information content (AvgIpc) is 3.48. The first kappa shape index (κ1) is 28.5. The van der Waals surface area contributed by atoms with Crippen LogP contribution in [0.4, 0.5) is 11.5 Å². The van der Waals surface area contributed by atoms with Gasteiger partial charge in [-0.1, -0.05) is 18.7 Å². The Morgan fingerprint density at radius 2 is 1.93 bits per heavy atom. The number of fused-ring (bicyclic) bond motifs is 1. The number of anilines is 2. The van der Waals surface area contributed by atoms with Crippen LogP contribution in [0.1, 0.15) is 34.5 Å². The first-order chi connectivity index (χ1) is 21.0. The van der Waals surface area contributed by atoms with E-state index >= 15 is 0 Å². The van der Waals surface area contributed by atoms with Gasteiger partial charge in [-0.05, 0) is 73.3 Å². The quantitative estimate of drug-likeness (QED) is 0.269. The van der Waals surface area contributed by atoms with E-state index in [-0.39, 0.29) is 17.9 Å². The molecule has 43 heavy (non-hydrogen) atoms. The molecule has 1 atom stereocenters. The number of pyridine rings is 1. The van der Waals surface area contributed by atoms with Crippen LogP contribution in [-0.2, 0) is 16.1 Å². The maximum atomic E-state index is 13.3. The normalized spacial score (nSPS) is 17.5. The van der Waals surface area contributed by atoms with E-state index in [1.807, 2.05) is 37.3 Å². The van der Waals surface area contributed by atoms with Gasteiger partial charge in [0, 0.05) is 49.8 Å². The molecule has 1 unspecified atom stereocenters. The molecule has 3 N–H and O–H groups in total. The van der Waals surface area contributed by atoms with E-state index in [0.717, 1.165) is 78.3 Å². The molecule has 2 saturated heterocycles. The molecule has 3 aromatic heterocycles. The first-order valence-corrected chi connectivity index (χ1v) is 14.7. The van der Waals surface area contributed by atoms with Crippen molar-refractivity contribution in [2.45, 2.75) is 32.4 Å². The minimum absolute atomic E-state index is 0.0937. The summed E-state index contributed by atoms with van der Waals surface area (Å²) in [5.41, 5.74) is 5.67. The predicted octanol–water partition coefficient (Wildman–Crippen LogP) is 3.68. The summed E-state index contributed by atoms with van der Waals surface area (Å²) in [6.07, 6.45) is 6.53. The molecule has 1 aromatic carbocycles. The molecule has 4 aromatic rings. The van der Waals surface area contributed by atoms with Crippen LogP contribution in [0.2, 0.25) is 0 Å². The van der Waals surface area contributed by atoms with Gasteiger partial charge in [-0.15, -0.1) is 0 Å². The highest BCUT2D eigenvalue weighted by Gasteiger charge is 2.23. The van der Waals surface area contributed by atoms with Crippen molar-refractivity contribution in [1.29, 1.82) is 0 Å². The number of carbonyl (C=O) groups is 2. The van der Waals surface area contributed by atoms with Gasteiger partial charge in [0.25, 0.3) is 5.91 Å². The molecule has 0 bridgehead atoms. The number of amides is 2. The standard InChI is InChI=1S/C32H36N8O3/c1-3-28(41)36-25-5-4-12-39(19-25)18-23-10-11-33-29(21(23)2)32(42)37-24-8-6-22(7-9-24)27-17-26-30(38-27)34-20-35-31(26)40-13-15-43-16-14-40/h3,6-11,17,20,25H,1,4-5,12-16,18-19H2,2H3,(H,36,41)(H,37,42)(H,34,35,38). The molecule has 2 amide bonds. The fraction of sp³-hybridized carbons (Fsp3) is 0.344. The van der Waals surface area contributed by atoms with Gasteiger partial charge in [0.05, 0.1) is 18.6 Å². The molecule has 11 heteroatoms. The summed E-state index contributed by atoms with van der Waals surface area (Å²) in [6, 6.07) is 11.8. The maximum Gasteiger partial charge on any atom is 0.274 e. The van der Waals surface area contributed by atoms with E-state index in [9.17, 15) is 9.59 Å². The van der Waals surface area contributed by atoms with Gasteiger partial charge in [0.15, 0.2) is 0 Å². The summed E-state index contributed by atoms with van der Waals surface area (Å²) in [4.78, 5) is 46.3. The lowest BCUT2D eigenvalue weighted by atomic mass is 10.0. The number of piperidine rings is 1. The Bertz CT molecular complexity index is 1630. The van der Waals surface area contributed by atoms with Crippen molar-refractivity contribution in [3.05, 3.63) is 78.4 Å². The van der Waals surface area contributed by atoms with Crippen molar-refractivity contribution < 1.29 is 14.3 Å².